The Bertz CT molecular complexity index is 779. The van der Waals surface area contributed by atoms with Crippen LogP contribution in [0.3, 0.4) is 0 Å². The lowest BCUT2D eigenvalue weighted by Crippen LogP contribution is -2.27. The summed E-state index contributed by atoms with van der Waals surface area (Å²) < 4.78 is 0.948. The Morgan fingerprint density at radius 1 is 1.08 bits per heavy atom. The molecule has 0 spiro atoms. The van der Waals surface area contributed by atoms with Crippen LogP contribution in [0, 0.1) is 6.92 Å². The first-order valence-corrected chi connectivity index (χ1v) is 10.5. The smallest absolute Gasteiger partial charge is 0.230 e. The molecule has 3 rings (SSSR count). The summed E-state index contributed by atoms with van der Waals surface area (Å²) >= 11 is 3.08. The first-order chi connectivity index (χ1) is 12.7. The molecule has 0 aliphatic heterocycles. The molecule has 3 aromatic rings. The van der Waals surface area contributed by atoms with Gasteiger partial charge in [-0.15, -0.1) is 11.3 Å². The maximum atomic E-state index is 12.1. The summed E-state index contributed by atoms with van der Waals surface area (Å²) in [6.45, 7) is 2.62. The number of hydrogen-bond donors (Lipinski definition) is 1. The Morgan fingerprint density at radius 2 is 1.69 bits per heavy atom. The molecule has 3 nitrogen and oxygen atoms in total. The summed E-state index contributed by atoms with van der Waals surface area (Å²) in [6, 6.07) is 20.9. The van der Waals surface area contributed by atoms with Crippen molar-refractivity contribution in [1.29, 1.82) is 0 Å². The van der Waals surface area contributed by atoms with Crippen LogP contribution in [0.5, 0.6) is 0 Å². The maximum absolute atomic E-state index is 12.1. The van der Waals surface area contributed by atoms with E-state index in [1.165, 1.54) is 22.9 Å². The second-order valence-electron chi connectivity index (χ2n) is 6.06. The fourth-order valence-electron chi connectivity index (χ4n) is 2.83. The van der Waals surface area contributed by atoms with E-state index >= 15 is 0 Å². The normalized spacial score (nSPS) is 10.8. The third-order valence-corrected chi connectivity index (χ3v) is 6.22. The highest BCUT2D eigenvalue weighted by Gasteiger charge is 2.14. The Hall–Kier alpha value is -2.11. The van der Waals surface area contributed by atoms with E-state index < -0.39 is 0 Å². The molecular weight excluding hydrogens is 360 g/mol. The molecule has 0 bridgehead atoms. The number of thiazole rings is 1. The molecule has 0 saturated heterocycles. The fraction of sp³-hybridized carbons (Fsp3) is 0.238. The van der Waals surface area contributed by atoms with E-state index in [4.69, 9.17) is 0 Å². The van der Waals surface area contributed by atoms with E-state index in [0.29, 0.717) is 12.3 Å². The van der Waals surface area contributed by atoms with E-state index in [9.17, 15) is 4.79 Å². The molecule has 0 aliphatic rings. The number of amides is 1. The number of rotatable bonds is 8. The number of thioether (sulfide) groups is 1. The molecule has 0 aliphatic carbocycles. The van der Waals surface area contributed by atoms with Crippen molar-refractivity contribution in [3.8, 4) is 0 Å². The van der Waals surface area contributed by atoms with Crippen LogP contribution in [0.1, 0.15) is 29.2 Å². The van der Waals surface area contributed by atoms with Gasteiger partial charge in [0, 0.05) is 23.5 Å². The van der Waals surface area contributed by atoms with Crippen LogP contribution < -0.4 is 5.32 Å². The lowest BCUT2D eigenvalue weighted by Gasteiger charge is -2.18. The van der Waals surface area contributed by atoms with Crippen LogP contribution in [0.4, 0.5) is 0 Å². The number of nitrogens with zero attached hydrogens (tertiary/aromatic N) is 1. The Morgan fingerprint density at radius 3 is 2.23 bits per heavy atom. The van der Waals surface area contributed by atoms with Gasteiger partial charge in [-0.05, 0) is 24.5 Å². The largest absolute Gasteiger partial charge is 0.355 e. The van der Waals surface area contributed by atoms with E-state index in [1.54, 1.807) is 11.3 Å². The minimum absolute atomic E-state index is 0.0581. The quantitative estimate of drug-likeness (QED) is 0.565. The van der Waals surface area contributed by atoms with Crippen LogP contribution in [-0.2, 0) is 4.79 Å². The summed E-state index contributed by atoms with van der Waals surface area (Å²) in [5.41, 5.74) is 3.56. The van der Waals surface area contributed by atoms with E-state index in [-0.39, 0.29) is 11.8 Å². The number of nitrogens with one attached hydrogen (secondary N) is 1. The molecule has 2 aromatic carbocycles. The molecule has 1 aromatic heterocycles. The van der Waals surface area contributed by atoms with Gasteiger partial charge >= 0.3 is 0 Å². The summed E-state index contributed by atoms with van der Waals surface area (Å²) in [5.74, 6) is 0.753. The van der Waals surface area contributed by atoms with Gasteiger partial charge in [0.05, 0.1) is 5.75 Å². The zero-order valence-corrected chi connectivity index (χ0v) is 16.4. The lowest BCUT2D eigenvalue weighted by molar-refractivity contribution is -0.118. The third kappa shape index (κ3) is 5.44. The molecule has 0 atom stereocenters. The van der Waals surface area contributed by atoms with Crippen LogP contribution >= 0.6 is 23.1 Å². The molecule has 5 heteroatoms. The van der Waals surface area contributed by atoms with Gasteiger partial charge in [-0.3, -0.25) is 4.79 Å². The average molecular weight is 383 g/mol. The van der Waals surface area contributed by atoms with Crippen LogP contribution in [-0.4, -0.2) is 23.2 Å². The number of hydrogen-bond acceptors (Lipinski definition) is 4. The second kappa shape index (κ2) is 9.55. The zero-order chi connectivity index (χ0) is 18.2. The predicted octanol–water partition coefficient (Wildman–Crippen LogP) is 4.88. The molecule has 0 unspecified atom stereocenters. The predicted molar refractivity (Wildman–Crippen MR) is 110 cm³/mol. The highest BCUT2D eigenvalue weighted by Crippen LogP contribution is 2.27. The minimum atomic E-state index is 0.0581. The Kier molecular flexibility index (Phi) is 6.86. The highest BCUT2D eigenvalue weighted by molar-refractivity contribution is 8.01. The van der Waals surface area contributed by atoms with Gasteiger partial charge < -0.3 is 5.32 Å². The number of carbonyl (C=O) groups excluding carboxylic acids is 1. The van der Waals surface area contributed by atoms with Crippen molar-refractivity contribution in [1.82, 2.24) is 10.3 Å². The third-order valence-electron chi connectivity index (χ3n) is 4.08. The first kappa shape index (κ1) is 18.7. The monoisotopic (exact) mass is 382 g/mol. The fourth-order valence-corrected chi connectivity index (χ4v) is 4.51. The van der Waals surface area contributed by atoms with Crippen molar-refractivity contribution < 1.29 is 4.79 Å². The van der Waals surface area contributed by atoms with Crippen molar-refractivity contribution >= 4 is 29.0 Å². The summed E-state index contributed by atoms with van der Waals surface area (Å²) in [4.78, 5) is 16.5. The molecule has 1 heterocycles. The van der Waals surface area contributed by atoms with E-state index in [0.717, 1.165) is 16.5 Å². The number of carbonyl (C=O) groups is 1. The van der Waals surface area contributed by atoms with Gasteiger partial charge in [-0.25, -0.2) is 4.98 Å². The summed E-state index contributed by atoms with van der Waals surface area (Å²) in [6.07, 6.45) is 0.876. The number of aryl methyl sites for hydroxylation is 1. The SMILES string of the molecule is Cc1csc(SCC(=O)NCCC(c2ccccc2)c2ccccc2)n1. The average Bonchev–Trinajstić information content (AvgIpc) is 3.10. The van der Waals surface area contributed by atoms with Crippen molar-refractivity contribution in [2.24, 2.45) is 0 Å². The van der Waals surface area contributed by atoms with E-state index in [2.05, 4.69) is 58.8 Å². The molecule has 1 N–H and O–H groups in total. The maximum Gasteiger partial charge on any atom is 0.230 e. The molecule has 26 heavy (non-hydrogen) atoms. The van der Waals surface area contributed by atoms with Crippen LogP contribution in [0.2, 0.25) is 0 Å². The lowest BCUT2D eigenvalue weighted by atomic mass is 9.88. The molecule has 0 saturated carbocycles. The molecular formula is C21H22N2OS2. The Balaban J connectivity index is 1.54. The molecule has 1 amide bonds. The minimum Gasteiger partial charge on any atom is -0.355 e. The van der Waals surface area contributed by atoms with Gasteiger partial charge in [0.1, 0.15) is 0 Å². The van der Waals surface area contributed by atoms with Gasteiger partial charge in [0.25, 0.3) is 0 Å². The number of benzene rings is 2. The molecule has 0 fully saturated rings. The van der Waals surface area contributed by atoms with E-state index in [1.807, 2.05) is 24.4 Å². The van der Waals surface area contributed by atoms with Crippen LogP contribution in [0.25, 0.3) is 0 Å². The van der Waals surface area contributed by atoms with Crippen molar-refractivity contribution in [3.63, 3.8) is 0 Å². The number of aromatic nitrogens is 1. The van der Waals surface area contributed by atoms with Crippen molar-refractivity contribution in [2.45, 2.75) is 23.6 Å². The van der Waals surface area contributed by atoms with Gasteiger partial charge in [0.15, 0.2) is 4.34 Å². The van der Waals surface area contributed by atoms with Gasteiger partial charge in [0.2, 0.25) is 5.91 Å². The molecule has 0 radical (unpaired) electrons. The van der Waals surface area contributed by atoms with Gasteiger partial charge in [-0.1, -0.05) is 72.4 Å². The molecule has 134 valence electrons. The topological polar surface area (TPSA) is 42.0 Å². The second-order valence-corrected chi connectivity index (χ2v) is 8.14. The zero-order valence-electron chi connectivity index (χ0n) is 14.7. The highest BCUT2D eigenvalue weighted by atomic mass is 32.2. The Labute approximate surface area is 162 Å². The standard InChI is InChI=1S/C21H22N2OS2/c1-16-14-25-21(23-16)26-15-20(24)22-13-12-19(17-8-4-2-5-9-17)18-10-6-3-7-11-18/h2-11,14,19H,12-13,15H2,1H3,(H,22,24). The van der Waals surface area contributed by atoms with Crippen molar-refractivity contribution in [2.75, 3.05) is 12.3 Å². The van der Waals surface area contributed by atoms with Gasteiger partial charge in [-0.2, -0.15) is 0 Å². The van der Waals surface area contributed by atoms with Crippen molar-refractivity contribution in [3.05, 3.63) is 82.9 Å². The van der Waals surface area contributed by atoms with Crippen LogP contribution in [0.15, 0.2) is 70.4 Å². The summed E-state index contributed by atoms with van der Waals surface area (Å²) in [5, 5.41) is 5.05. The summed E-state index contributed by atoms with van der Waals surface area (Å²) in [7, 11) is 0. The first-order valence-electron chi connectivity index (χ1n) is 8.64.